The molecule has 0 saturated carbocycles. The van der Waals surface area contributed by atoms with E-state index < -0.39 is 0 Å². The summed E-state index contributed by atoms with van der Waals surface area (Å²) >= 11 is 0. The molecule has 0 bridgehead atoms. The molecule has 1 aromatic heterocycles. The SMILES string of the molecule is O=C(NNC1CCNC1)c1ccccn1. The Kier molecular flexibility index (Phi) is 3.26. The lowest BCUT2D eigenvalue weighted by molar-refractivity contribution is 0.0921. The van der Waals surface area contributed by atoms with E-state index in [1.807, 2.05) is 0 Å². The maximum absolute atomic E-state index is 11.5. The van der Waals surface area contributed by atoms with Gasteiger partial charge in [-0.3, -0.25) is 15.2 Å². The Hall–Kier alpha value is -1.46. The molecule has 1 aliphatic heterocycles. The van der Waals surface area contributed by atoms with E-state index in [9.17, 15) is 4.79 Å². The maximum atomic E-state index is 11.5. The van der Waals surface area contributed by atoms with Gasteiger partial charge >= 0.3 is 0 Å². The van der Waals surface area contributed by atoms with Crippen LogP contribution in [0.2, 0.25) is 0 Å². The number of nitrogens with zero attached hydrogens (tertiary/aromatic N) is 1. The molecule has 1 saturated heterocycles. The molecule has 1 aliphatic rings. The van der Waals surface area contributed by atoms with Gasteiger partial charge in [-0.15, -0.1) is 0 Å². The van der Waals surface area contributed by atoms with Gasteiger partial charge in [-0.25, -0.2) is 5.43 Å². The van der Waals surface area contributed by atoms with Crippen LogP contribution in [0.4, 0.5) is 0 Å². The van der Waals surface area contributed by atoms with Gasteiger partial charge in [0.25, 0.3) is 5.91 Å². The number of nitrogens with one attached hydrogen (secondary N) is 3. The minimum atomic E-state index is -0.192. The van der Waals surface area contributed by atoms with Gasteiger partial charge in [-0.2, -0.15) is 0 Å². The van der Waals surface area contributed by atoms with Crippen molar-refractivity contribution in [1.82, 2.24) is 21.2 Å². The van der Waals surface area contributed by atoms with Gasteiger partial charge in [-0.05, 0) is 25.1 Å². The highest BCUT2D eigenvalue weighted by Gasteiger charge is 2.14. The molecule has 1 atom stereocenters. The third-order valence-electron chi connectivity index (χ3n) is 2.35. The fraction of sp³-hybridized carbons (Fsp3) is 0.400. The smallest absolute Gasteiger partial charge is 0.283 e. The van der Waals surface area contributed by atoms with Crippen LogP contribution in [0.25, 0.3) is 0 Å². The van der Waals surface area contributed by atoms with E-state index in [0.29, 0.717) is 11.7 Å². The van der Waals surface area contributed by atoms with Gasteiger partial charge in [0, 0.05) is 18.8 Å². The lowest BCUT2D eigenvalue weighted by Crippen LogP contribution is -2.45. The number of carbonyl (C=O) groups is 1. The van der Waals surface area contributed by atoms with Crippen LogP contribution in [0.5, 0.6) is 0 Å². The molecular formula is C10H14N4O. The molecule has 0 radical (unpaired) electrons. The Morgan fingerprint density at radius 2 is 2.47 bits per heavy atom. The summed E-state index contributed by atoms with van der Waals surface area (Å²) < 4.78 is 0. The van der Waals surface area contributed by atoms with E-state index in [0.717, 1.165) is 19.5 Å². The first-order valence-corrected chi connectivity index (χ1v) is 5.04. The third-order valence-corrected chi connectivity index (χ3v) is 2.35. The van der Waals surface area contributed by atoms with Crippen molar-refractivity contribution in [2.75, 3.05) is 13.1 Å². The van der Waals surface area contributed by atoms with Crippen molar-refractivity contribution in [2.45, 2.75) is 12.5 Å². The van der Waals surface area contributed by atoms with Crippen molar-refractivity contribution in [3.63, 3.8) is 0 Å². The highest BCUT2D eigenvalue weighted by Crippen LogP contribution is 1.96. The van der Waals surface area contributed by atoms with Crippen LogP contribution in [-0.2, 0) is 0 Å². The molecule has 5 nitrogen and oxygen atoms in total. The standard InChI is InChI=1S/C10H14N4O/c15-10(9-3-1-2-5-12-9)14-13-8-4-6-11-7-8/h1-3,5,8,11,13H,4,6-7H2,(H,14,15). The Morgan fingerprint density at radius 1 is 1.53 bits per heavy atom. The first-order chi connectivity index (χ1) is 7.36. The normalized spacial score (nSPS) is 20.1. The van der Waals surface area contributed by atoms with Crippen molar-refractivity contribution >= 4 is 5.91 Å². The summed E-state index contributed by atoms with van der Waals surface area (Å²) in [6.07, 6.45) is 2.63. The average molecular weight is 206 g/mol. The van der Waals surface area contributed by atoms with Gasteiger partial charge in [0.1, 0.15) is 5.69 Å². The van der Waals surface area contributed by atoms with Crippen molar-refractivity contribution in [1.29, 1.82) is 0 Å². The number of aromatic nitrogens is 1. The summed E-state index contributed by atoms with van der Waals surface area (Å²) in [4.78, 5) is 15.5. The first kappa shape index (κ1) is 10.1. The molecule has 2 heterocycles. The van der Waals surface area contributed by atoms with Gasteiger partial charge in [-0.1, -0.05) is 6.07 Å². The second-order valence-corrected chi connectivity index (χ2v) is 3.50. The summed E-state index contributed by atoms with van der Waals surface area (Å²) in [6, 6.07) is 5.58. The van der Waals surface area contributed by atoms with Crippen molar-refractivity contribution < 1.29 is 4.79 Å². The Bertz CT molecular complexity index is 321. The number of hydrogen-bond acceptors (Lipinski definition) is 4. The van der Waals surface area contributed by atoms with Crippen LogP contribution in [0, 0.1) is 0 Å². The predicted octanol–water partition coefficient (Wildman–Crippen LogP) is -0.322. The molecule has 15 heavy (non-hydrogen) atoms. The van der Waals surface area contributed by atoms with Gasteiger partial charge in [0.05, 0.1) is 0 Å². The zero-order valence-corrected chi connectivity index (χ0v) is 8.36. The number of carbonyl (C=O) groups excluding carboxylic acids is 1. The molecule has 3 N–H and O–H groups in total. The van der Waals surface area contributed by atoms with Crippen LogP contribution in [0.3, 0.4) is 0 Å². The first-order valence-electron chi connectivity index (χ1n) is 5.04. The highest BCUT2D eigenvalue weighted by atomic mass is 16.2. The number of hydrazine groups is 1. The van der Waals surface area contributed by atoms with Crippen molar-refractivity contribution in [3.8, 4) is 0 Å². The molecule has 1 unspecified atom stereocenters. The van der Waals surface area contributed by atoms with E-state index in [1.54, 1.807) is 24.4 Å². The lowest BCUT2D eigenvalue weighted by Gasteiger charge is -2.11. The van der Waals surface area contributed by atoms with E-state index >= 15 is 0 Å². The molecule has 80 valence electrons. The monoisotopic (exact) mass is 206 g/mol. The fourth-order valence-electron chi connectivity index (χ4n) is 1.51. The van der Waals surface area contributed by atoms with Crippen LogP contribution < -0.4 is 16.2 Å². The third kappa shape index (κ3) is 2.74. The zero-order valence-electron chi connectivity index (χ0n) is 8.36. The summed E-state index contributed by atoms with van der Waals surface area (Å²) in [7, 11) is 0. The lowest BCUT2D eigenvalue weighted by atomic mass is 10.3. The molecule has 5 heteroatoms. The Balaban J connectivity index is 1.82. The average Bonchev–Trinajstić information content (AvgIpc) is 2.80. The molecule has 1 fully saturated rings. The van der Waals surface area contributed by atoms with E-state index in [1.165, 1.54) is 0 Å². The van der Waals surface area contributed by atoms with Crippen LogP contribution in [0.15, 0.2) is 24.4 Å². The molecule has 1 amide bonds. The number of amides is 1. The summed E-state index contributed by atoms with van der Waals surface area (Å²) in [5.41, 5.74) is 6.05. The summed E-state index contributed by atoms with van der Waals surface area (Å²) in [6.45, 7) is 1.89. The maximum Gasteiger partial charge on any atom is 0.283 e. The van der Waals surface area contributed by atoms with Gasteiger partial charge < -0.3 is 5.32 Å². The minimum Gasteiger partial charge on any atom is -0.315 e. The molecular weight excluding hydrogens is 192 g/mol. The van der Waals surface area contributed by atoms with Crippen molar-refractivity contribution in [2.24, 2.45) is 0 Å². The topological polar surface area (TPSA) is 66.1 Å². The molecule has 0 aromatic carbocycles. The van der Waals surface area contributed by atoms with E-state index in [4.69, 9.17) is 0 Å². The number of pyridine rings is 1. The molecule has 2 rings (SSSR count). The largest absolute Gasteiger partial charge is 0.315 e. The highest BCUT2D eigenvalue weighted by molar-refractivity contribution is 5.91. The number of hydrogen-bond donors (Lipinski definition) is 3. The predicted molar refractivity (Wildman–Crippen MR) is 56.1 cm³/mol. The van der Waals surface area contributed by atoms with Crippen LogP contribution in [-0.4, -0.2) is 30.0 Å². The summed E-state index contributed by atoms with van der Waals surface area (Å²) in [5.74, 6) is -0.192. The van der Waals surface area contributed by atoms with E-state index in [-0.39, 0.29) is 5.91 Å². The van der Waals surface area contributed by atoms with Gasteiger partial charge in [0.2, 0.25) is 0 Å². The zero-order chi connectivity index (χ0) is 10.5. The fourth-order valence-corrected chi connectivity index (χ4v) is 1.51. The second kappa shape index (κ2) is 4.86. The quantitative estimate of drug-likeness (QED) is 0.593. The Labute approximate surface area is 88.3 Å². The summed E-state index contributed by atoms with van der Waals surface area (Å²) in [5, 5.41) is 3.21. The van der Waals surface area contributed by atoms with Crippen molar-refractivity contribution in [3.05, 3.63) is 30.1 Å². The minimum absolute atomic E-state index is 0.192. The van der Waals surface area contributed by atoms with Crippen LogP contribution >= 0.6 is 0 Å². The molecule has 0 aliphatic carbocycles. The second-order valence-electron chi connectivity index (χ2n) is 3.50. The Morgan fingerprint density at radius 3 is 3.13 bits per heavy atom. The molecule has 1 aromatic rings. The van der Waals surface area contributed by atoms with E-state index in [2.05, 4.69) is 21.2 Å². The molecule has 0 spiro atoms. The van der Waals surface area contributed by atoms with Crippen LogP contribution in [0.1, 0.15) is 16.9 Å². The van der Waals surface area contributed by atoms with Gasteiger partial charge in [0.15, 0.2) is 0 Å². The number of rotatable bonds is 3.